The van der Waals surface area contributed by atoms with Gasteiger partial charge in [-0.2, -0.15) is 0 Å². The molecule has 0 bridgehead atoms. The van der Waals surface area contributed by atoms with Gasteiger partial charge in [-0.25, -0.2) is 0 Å². The molecule has 0 atom stereocenters. The van der Waals surface area contributed by atoms with Crippen LogP contribution >= 0.6 is 0 Å². The van der Waals surface area contributed by atoms with E-state index in [0.717, 1.165) is 18.4 Å². The van der Waals surface area contributed by atoms with E-state index in [2.05, 4.69) is 26.2 Å². The fraction of sp³-hybridized carbons (Fsp3) is 0.400. The van der Waals surface area contributed by atoms with Crippen LogP contribution in [0.25, 0.3) is 0 Å². The van der Waals surface area contributed by atoms with Crippen molar-refractivity contribution in [2.45, 2.75) is 26.7 Å². The van der Waals surface area contributed by atoms with Gasteiger partial charge in [0, 0.05) is 0 Å². The van der Waals surface area contributed by atoms with Gasteiger partial charge < -0.3 is 0 Å². The van der Waals surface area contributed by atoms with Crippen LogP contribution in [0.2, 0.25) is 0 Å². The second-order valence-corrected chi connectivity index (χ2v) is 2.53. The largest absolute Gasteiger partial charge is 0.103 e. The van der Waals surface area contributed by atoms with Gasteiger partial charge in [0.15, 0.2) is 0 Å². The number of allylic oxidation sites excluding steroid dienone is 4. The van der Waals surface area contributed by atoms with E-state index in [-0.39, 0.29) is 0 Å². The Morgan fingerprint density at radius 2 is 1.90 bits per heavy atom. The zero-order valence-corrected chi connectivity index (χ0v) is 6.98. The third kappa shape index (κ3) is 4.13. The summed E-state index contributed by atoms with van der Waals surface area (Å²) >= 11 is 0. The SMILES string of the molecule is C=CCCC=C(C)C(=C)C. The molecule has 0 saturated heterocycles. The fourth-order valence-electron chi connectivity index (χ4n) is 0.592. The Kier molecular flexibility index (Phi) is 4.65. The van der Waals surface area contributed by atoms with Crippen LogP contribution in [0.3, 0.4) is 0 Å². The van der Waals surface area contributed by atoms with Gasteiger partial charge in [-0.05, 0) is 26.7 Å². The molecule has 0 aromatic rings. The van der Waals surface area contributed by atoms with Gasteiger partial charge in [-0.3, -0.25) is 0 Å². The van der Waals surface area contributed by atoms with Crippen LogP contribution < -0.4 is 0 Å². The summed E-state index contributed by atoms with van der Waals surface area (Å²) in [7, 11) is 0. The Balaban J connectivity index is 3.68. The molecule has 0 aliphatic carbocycles. The molecule has 0 aromatic heterocycles. The zero-order chi connectivity index (χ0) is 7.98. The molecule has 0 spiro atoms. The number of hydrogen-bond donors (Lipinski definition) is 0. The molecule has 0 rings (SSSR count). The van der Waals surface area contributed by atoms with E-state index in [4.69, 9.17) is 0 Å². The van der Waals surface area contributed by atoms with E-state index < -0.39 is 0 Å². The average Bonchev–Trinajstić information content (AvgIpc) is 1.88. The Morgan fingerprint density at radius 3 is 2.30 bits per heavy atom. The average molecular weight is 136 g/mol. The monoisotopic (exact) mass is 136 g/mol. The lowest BCUT2D eigenvalue weighted by Gasteiger charge is -1.96. The summed E-state index contributed by atoms with van der Waals surface area (Å²) < 4.78 is 0. The van der Waals surface area contributed by atoms with E-state index in [0.29, 0.717) is 0 Å². The van der Waals surface area contributed by atoms with Gasteiger partial charge in [0.25, 0.3) is 0 Å². The first-order chi connectivity index (χ1) is 4.68. The lowest BCUT2D eigenvalue weighted by molar-refractivity contribution is 1.04. The maximum Gasteiger partial charge on any atom is -0.0310 e. The number of rotatable bonds is 4. The first-order valence-electron chi connectivity index (χ1n) is 3.62. The van der Waals surface area contributed by atoms with Crippen molar-refractivity contribution in [2.75, 3.05) is 0 Å². The highest BCUT2D eigenvalue weighted by Gasteiger charge is 1.86. The molecule has 0 radical (unpaired) electrons. The molecule has 0 amide bonds. The summed E-state index contributed by atoms with van der Waals surface area (Å²) in [5.41, 5.74) is 2.45. The van der Waals surface area contributed by atoms with E-state index in [9.17, 15) is 0 Å². The Bertz CT molecular complexity index is 149. The van der Waals surface area contributed by atoms with Gasteiger partial charge in [-0.1, -0.05) is 29.9 Å². The van der Waals surface area contributed by atoms with Crippen LogP contribution in [0.15, 0.2) is 36.5 Å². The second-order valence-electron chi connectivity index (χ2n) is 2.53. The van der Waals surface area contributed by atoms with E-state index >= 15 is 0 Å². The van der Waals surface area contributed by atoms with Gasteiger partial charge in [0.2, 0.25) is 0 Å². The van der Waals surface area contributed by atoms with E-state index in [1.807, 2.05) is 13.0 Å². The molecule has 0 N–H and O–H groups in total. The third-order valence-electron chi connectivity index (χ3n) is 1.49. The summed E-state index contributed by atoms with van der Waals surface area (Å²) in [6.07, 6.45) is 6.28. The van der Waals surface area contributed by atoms with Crippen molar-refractivity contribution in [3.8, 4) is 0 Å². The van der Waals surface area contributed by atoms with Crippen LogP contribution in [0.1, 0.15) is 26.7 Å². The minimum atomic E-state index is 1.06. The quantitative estimate of drug-likeness (QED) is 0.315. The van der Waals surface area contributed by atoms with Crippen molar-refractivity contribution in [3.63, 3.8) is 0 Å². The minimum absolute atomic E-state index is 1.06. The maximum atomic E-state index is 3.84. The second kappa shape index (κ2) is 5.04. The molecule has 0 heteroatoms. The van der Waals surface area contributed by atoms with Gasteiger partial charge in [0.05, 0.1) is 0 Å². The smallest absolute Gasteiger partial charge is 0.0310 e. The van der Waals surface area contributed by atoms with Crippen LogP contribution in [0.4, 0.5) is 0 Å². The third-order valence-corrected chi connectivity index (χ3v) is 1.49. The summed E-state index contributed by atoms with van der Waals surface area (Å²) in [6.45, 7) is 11.6. The van der Waals surface area contributed by atoms with Crippen molar-refractivity contribution in [1.82, 2.24) is 0 Å². The molecule has 0 saturated carbocycles. The molecule has 0 aromatic carbocycles. The van der Waals surface area contributed by atoms with Gasteiger partial charge in [-0.15, -0.1) is 6.58 Å². The van der Waals surface area contributed by atoms with Crippen molar-refractivity contribution in [3.05, 3.63) is 36.5 Å². The molecule has 0 fully saturated rings. The molecule has 0 aliphatic rings. The lowest BCUT2D eigenvalue weighted by atomic mass is 10.1. The van der Waals surface area contributed by atoms with Crippen molar-refractivity contribution in [1.29, 1.82) is 0 Å². The lowest BCUT2D eigenvalue weighted by Crippen LogP contribution is -1.75. The first-order valence-corrected chi connectivity index (χ1v) is 3.62. The molecule has 0 heterocycles. The molecule has 0 unspecified atom stereocenters. The highest BCUT2D eigenvalue weighted by atomic mass is 13.9. The zero-order valence-electron chi connectivity index (χ0n) is 6.98. The minimum Gasteiger partial charge on any atom is -0.103 e. The first kappa shape index (κ1) is 9.22. The molecular formula is C10H16. The van der Waals surface area contributed by atoms with E-state index in [1.165, 1.54) is 5.57 Å². The number of unbranched alkanes of at least 4 members (excludes halogenated alkanes) is 1. The standard InChI is InChI=1S/C10H16/c1-5-6-7-8-10(4)9(2)3/h5,8H,1-2,6-7H2,3-4H3. The Hall–Kier alpha value is -0.780. The van der Waals surface area contributed by atoms with Crippen LogP contribution in [-0.2, 0) is 0 Å². The van der Waals surface area contributed by atoms with Crippen molar-refractivity contribution in [2.24, 2.45) is 0 Å². The molecule has 10 heavy (non-hydrogen) atoms. The highest BCUT2D eigenvalue weighted by molar-refractivity contribution is 5.23. The van der Waals surface area contributed by atoms with Crippen LogP contribution in [0.5, 0.6) is 0 Å². The fourth-order valence-corrected chi connectivity index (χ4v) is 0.592. The summed E-state index contributed by atoms with van der Waals surface area (Å²) in [5, 5.41) is 0. The van der Waals surface area contributed by atoms with E-state index in [1.54, 1.807) is 0 Å². The Morgan fingerprint density at radius 1 is 1.30 bits per heavy atom. The molecular weight excluding hydrogens is 120 g/mol. The number of hydrogen-bond acceptors (Lipinski definition) is 0. The summed E-state index contributed by atoms with van der Waals surface area (Å²) in [5.74, 6) is 0. The molecule has 0 aliphatic heterocycles. The highest BCUT2D eigenvalue weighted by Crippen LogP contribution is 2.06. The topological polar surface area (TPSA) is 0 Å². The van der Waals surface area contributed by atoms with Gasteiger partial charge in [0.1, 0.15) is 0 Å². The van der Waals surface area contributed by atoms with Gasteiger partial charge >= 0.3 is 0 Å². The van der Waals surface area contributed by atoms with Crippen LogP contribution in [-0.4, -0.2) is 0 Å². The van der Waals surface area contributed by atoms with Crippen molar-refractivity contribution < 1.29 is 0 Å². The molecule has 56 valence electrons. The summed E-state index contributed by atoms with van der Waals surface area (Å²) in [4.78, 5) is 0. The summed E-state index contributed by atoms with van der Waals surface area (Å²) in [6, 6.07) is 0. The maximum absolute atomic E-state index is 3.84. The van der Waals surface area contributed by atoms with Crippen molar-refractivity contribution >= 4 is 0 Å². The van der Waals surface area contributed by atoms with Crippen LogP contribution in [0, 0.1) is 0 Å². The normalized spacial score (nSPS) is 11.2. The predicted octanol–water partition coefficient (Wildman–Crippen LogP) is 3.48. The predicted molar refractivity (Wildman–Crippen MR) is 48.0 cm³/mol. The Labute approximate surface area is 64.0 Å². The molecule has 0 nitrogen and oxygen atoms in total.